The third-order valence-electron chi connectivity index (χ3n) is 1.19. The summed E-state index contributed by atoms with van der Waals surface area (Å²) in [5, 5.41) is 10.2. The van der Waals surface area contributed by atoms with Gasteiger partial charge in [-0.05, 0) is 18.9 Å². The van der Waals surface area contributed by atoms with Crippen molar-refractivity contribution in [3.05, 3.63) is 11.8 Å². The fourth-order valence-electron chi connectivity index (χ4n) is 0.582. The molecule has 2 N–H and O–H groups in total. The van der Waals surface area contributed by atoms with Crippen molar-refractivity contribution in [1.29, 1.82) is 5.41 Å². The molecule has 9 heavy (non-hydrogen) atoms. The average Bonchev–Trinajstić information content (AvgIpc) is 1.87. The molecule has 0 rings (SSSR count). The zero-order chi connectivity index (χ0) is 7.28. The molecule has 2 nitrogen and oxygen atoms in total. The first-order valence-electron chi connectivity index (χ1n) is 3.14. The van der Waals surface area contributed by atoms with Gasteiger partial charge in [0.1, 0.15) is 0 Å². The van der Waals surface area contributed by atoms with Gasteiger partial charge in [-0.2, -0.15) is 0 Å². The van der Waals surface area contributed by atoms with E-state index in [1.165, 1.54) is 0 Å². The average molecular weight is 126 g/mol. The summed E-state index contributed by atoms with van der Waals surface area (Å²) in [7, 11) is 1.84. The quantitative estimate of drug-likeness (QED) is 0.553. The summed E-state index contributed by atoms with van der Waals surface area (Å²) in [6.45, 7) is 3.91. The van der Waals surface area contributed by atoms with Crippen molar-refractivity contribution < 1.29 is 0 Å². The normalized spacial score (nSPS) is 11.2. The minimum absolute atomic E-state index is 0.698. The Hall–Kier alpha value is -0.790. The lowest BCUT2D eigenvalue weighted by Crippen LogP contribution is -2.01. The molecule has 0 aromatic heterocycles. The van der Waals surface area contributed by atoms with Crippen molar-refractivity contribution in [1.82, 2.24) is 5.32 Å². The third kappa shape index (κ3) is 2.90. The van der Waals surface area contributed by atoms with Gasteiger partial charge in [-0.1, -0.05) is 6.92 Å². The maximum Gasteiger partial charge on any atom is 0.0354 e. The summed E-state index contributed by atoms with van der Waals surface area (Å²) in [5.41, 5.74) is 1.71. The Kier molecular flexibility index (Phi) is 3.76. The summed E-state index contributed by atoms with van der Waals surface area (Å²) in [6.07, 6.45) is 2.65. The molecular formula is C7H14N2. The van der Waals surface area contributed by atoms with Gasteiger partial charge < -0.3 is 10.7 Å². The molecule has 52 valence electrons. The monoisotopic (exact) mass is 126 g/mol. The lowest BCUT2D eigenvalue weighted by atomic mass is 10.1. The first-order chi connectivity index (χ1) is 4.22. The molecule has 0 aliphatic carbocycles. The summed E-state index contributed by atoms with van der Waals surface area (Å²) in [6, 6.07) is 0. The van der Waals surface area contributed by atoms with Crippen LogP contribution in [0.5, 0.6) is 0 Å². The van der Waals surface area contributed by atoms with Gasteiger partial charge in [-0.3, -0.25) is 0 Å². The molecule has 0 spiro atoms. The zero-order valence-electron chi connectivity index (χ0n) is 6.28. The van der Waals surface area contributed by atoms with Crippen molar-refractivity contribution in [2.45, 2.75) is 20.3 Å². The number of hydrogen-bond donors (Lipinski definition) is 2. The van der Waals surface area contributed by atoms with Gasteiger partial charge in [0, 0.05) is 19.0 Å². The Bertz CT molecular complexity index is 125. The van der Waals surface area contributed by atoms with Crippen LogP contribution in [-0.2, 0) is 0 Å². The second kappa shape index (κ2) is 4.13. The highest BCUT2D eigenvalue weighted by Crippen LogP contribution is 1.95. The molecule has 0 unspecified atom stereocenters. The fraction of sp³-hybridized carbons (Fsp3) is 0.571. The van der Waals surface area contributed by atoms with Crippen LogP contribution in [0, 0.1) is 5.41 Å². The summed E-state index contributed by atoms with van der Waals surface area (Å²) in [4.78, 5) is 0. The second-order valence-electron chi connectivity index (χ2n) is 1.95. The molecule has 0 aliphatic heterocycles. The molecule has 0 saturated carbocycles. The molecule has 0 aliphatic rings. The minimum Gasteiger partial charge on any atom is -0.394 e. The Morgan fingerprint density at radius 1 is 1.67 bits per heavy atom. The van der Waals surface area contributed by atoms with Crippen molar-refractivity contribution in [3.63, 3.8) is 0 Å². The van der Waals surface area contributed by atoms with Crippen LogP contribution in [0.1, 0.15) is 20.3 Å². The highest BCUT2D eigenvalue weighted by molar-refractivity contribution is 5.96. The van der Waals surface area contributed by atoms with Crippen LogP contribution in [0.15, 0.2) is 11.8 Å². The molecule has 0 radical (unpaired) electrons. The number of rotatable bonds is 3. The lowest BCUT2D eigenvalue weighted by molar-refractivity contribution is 1.08. The standard InChI is InChI=1S/C7H14N2/c1-4-7(8)6(2)5-9-3/h5,8-9H,4H2,1-3H3/b6-5-,8-7?. The zero-order valence-corrected chi connectivity index (χ0v) is 6.28. The smallest absolute Gasteiger partial charge is 0.0354 e. The molecule has 0 aromatic rings. The Balaban J connectivity index is 3.86. The van der Waals surface area contributed by atoms with Gasteiger partial charge in [-0.15, -0.1) is 0 Å². The molecule has 0 amide bonds. The first-order valence-corrected chi connectivity index (χ1v) is 3.14. The van der Waals surface area contributed by atoms with E-state index in [1.807, 2.05) is 27.1 Å². The van der Waals surface area contributed by atoms with Crippen molar-refractivity contribution in [2.24, 2.45) is 0 Å². The van der Waals surface area contributed by atoms with E-state index in [0.29, 0.717) is 5.71 Å². The van der Waals surface area contributed by atoms with E-state index in [-0.39, 0.29) is 0 Å². The Morgan fingerprint density at radius 3 is 2.56 bits per heavy atom. The topological polar surface area (TPSA) is 35.9 Å². The Labute approximate surface area is 56.5 Å². The van der Waals surface area contributed by atoms with Crippen LogP contribution in [0.3, 0.4) is 0 Å². The lowest BCUT2D eigenvalue weighted by Gasteiger charge is -1.98. The molecule has 0 fully saturated rings. The molecule has 0 aromatic carbocycles. The number of allylic oxidation sites excluding steroid dienone is 1. The van der Waals surface area contributed by atoms with E-state index in [2.05, 4.69) is 5.32 Å². The predicted molar refractivity (Wildman–Crippen MR) is 40.8 cm³/mol. The van der Waals surface area contributed by atoms with Gasteiger partial charge in [0.05, 0.1) is 0 Å². The summed E-state index contributed by atoms with van der Waals surface area (Å²) < 4.78 is 0. The largest absolute Gasteiger partial charge is 0.394 e. The summed E-state index contributed by atoms with van der Waals surface area (Å²) >= 11 is 0. The van der Waals surface area contributed by atoms with Crippen LogP contribution in [0.4, 0.5) is 0 Å². The van der Waals surface area contributed by atoms with Crippen LogP contribution < -0.4 is 5.32 Å². The van der Waals surface area contributed by atoms with Gasteiger partial charge >= 0.3 is 0 Å². The van der Waals surface area contributed by atoms with Crippen molar-refractivity contribution in [3.8, 4) is 0 Å². The number of hydrogen-bond acceptors (Lipinski definition) is 2. The predicted octanol–water partition coefficient (Wildman–Crippen LogP) is 1.54. The summed E-state index contributed by atoms with van der Waals surface area (Å²) in [5.74, 6) is 0. The van der Waals surface area contributed by atoms with Crippen LogP contribution >= 0.6 is 0 Å². The van der Waals surface area contributed by atoms with Gasteiger partial charge in [0.15, 0.2) is 0 Å². The SMILES string of the molecule is CCC(=N)/C(C)=C\NC. The maximum absolute atomic E-state index is 7.34. The van der Waals surface area contributed by atoms with Crippen LogP contribution in [-0.4, -0.2) is 12.8 Å². The first kappa shape index (κ1) is 8.21. The van der Waals surface area contributed by atoms with E-state index < -0.39 is 0 Å². The van der Waals surface area contributed by atoms with Gasteiger partial charge in [0.25, 0.3) is 0 Å². The van der Waals surface area contributed by atoms with Crippen molar-refractivity contribution in [2.75, 3.05) is 7.05 Å². The molecule has 2 heteroatoms. The molecule has 0 atom stereocenters. The van der Waals surface area contributed by atoms with Gasteiger partial charge in [-0.25, -0.2) is 0 Å². The highest BCUT2D eigenvalue weighted by Gasteiger charge is 1.92. The maximum atomic E-state index is 7.34. The van der Waals surface area contributed by atoms with E-state index in [0.717, 1.165) is 12.0 Å². The minimum atomic E-state index is 0.698. The van der Waals surface area contributed by atoms with Crippen LogP contribution in [0.2, 0.25) is 0 Å². The molecule has 0 heterocycles. The molecule has 0 bridgehead atoms. The highest BCUT2D eigenvalue weighted by atomic mass is 14.8. The van der Waals surface area contributed by atoms with Gasteiger partial charge in [0.2, 0.25) is 0 Å². The van der Waals surface area contributed by atoms with E-state index >= 15 is 0 Å². The van der Waals surface area contributed by atoms with Crippen LogP contribution in [0.25, 0.3) is 0 Å². The molecule has 0 saturated heterocycles. The fourth-order valence-corrected chi connectivity index (χ4v) is 0.582. The third-order valence-corrected chi connectivity index (χ3v) is 1.19. The van der Waals surface area contributed by atoms with E-state index in [4.69, 9.17) is 5.41 Å². The van der Waals surface area contributed by atoms with Crippen molar-refractivity contribution >= 4 is 5.71 Å². The van der Waals surface area contributed by atoms with E-state index in [1.54, 1.807) is 0 Å². The Morgan fingerprint density at radius 2 is 2.22 bits per heavy atom. The molecular weight excluding hydrogens is 112 g/mol. The second-order valence-corrected chi connectivity index (χ2v) is 1.95. The van der Waals surface area contributed by atoms with E-state index in [9.17, 15) is 0 Å². The number of nitrogens with one attached hydrogen (secondary N) is 2.